The van der Waals surface area contributed by atoms with Gasteiger partial charge in [0.2, 0.25) is 11.6 Å². The topological polar surface area (TPSA) is 82.1 Å². The maximum atomic E-state index is 11.5. The highest BCUT2D eigenvalue weighted by molar-refractivity contribution is 9.11. The second-order valence-electron chi connectivity index (χ2n) is 9.23. The number of carbonyl (C=O) groups is 2. The largest absolute Gasteiger partial charge is 0.508 e. The fourth-order valence-corrected chi connectivity index (χ4v) is 5.43. The number of Topliss-reactive ketones (excluding diaryl/α,β-unsaturated/α-hetero) is 2. The molecule has 6 rings (SSSR count). The van der Waals surface area contributed by atoms with Crippen LogP contribution in [0.1, 0.15) is 43.0 Å². The van der Waals surface area contributed by atoms with Gasteiger partial charge in [-0.2, -0.15) is 0 Å². The summed E-state index contributed by atoms with van der Waals surface area (Å²) in [4.78, 5) is 22.4. The minimum absolute atomic E-state index is 0.0226. The van der Waals surface area contributed by atoms with E-state index in [0.717, 1.165) is 15.4 Å². The molecule has 212 valence electrons. The molecule has 0 saturated carbocycles. The number of carbonyl (C=O) groups excluding carboxylic acids is 2. The molecular formula is C32H27Br3O6. The summed E-state index contributed by atoms with van der Waals surface area (Å²) in [6, 6.07) is 22.1. The van der Waals surface area contributed by atoms with Gasteiger partial charge in [0.05, 0.1) is 11.1 Å². The van der Waals surface area contributed by atoms with Crippen molar-refractivity contribution in [1.29, 1.82) is 0 Å². The number of phenolic OH excluding ortho intramolecular Hbond substituents is 1. The first-order valence-electron chi connectivity index (χ1n) is 12.6. The number of ether oxygens (including phenoxy) is 3. The Morgan fingerprint density at radius 1 is 0.756 bits per heavy atom. The number of benzene rings is 4. The van der Waals surface area contributed by atoms with Gasteiger partial charge in [-0.1, -0.05) is 72.1 Å². The van der Waals surface area contributed by atoms with E-state index in [1.165, 1.54) is 33.3 Å². The van der Waals surface area contributed by atoms with Crippen LogP contribution >= 0.6 is 47.8 Å². The third-order valence-electron chi connectivity index (χ3n) is 6.53. The maximum absolute atomic E-state index is 11.5. The molecule has 4 aromatic carbocycles. The Bertz CT molecular complexity index is 1580. The van der Waals surface area contributed by atoms with E-state index < -0.39 is 0 Å². The van der Waals surface area contributed by atoms with Crippen molar-refractivity contribution in [3.8, 4) is 23.0 Å². The van der Waals surface area contributed by atoms with Crippen molar-refractivity contribution in [3.05, 3.63) is 115 Å². The number of halogens is 3. The Morgan fingerprint density at radius 3 is 1.88 bits per heavy atom. The molecule has 0 aliphatic carbocycles. The monoisotopic (exact) mass is 744 g/mol. The van der Waals surface area contributed by atoms with Crippen LogP contribution in [-0.4, -0.2) is 29.9 Å². The lowest BCUT2D eigenvalue weighted by Crippen LogP contribution is -1.99. The predicted molar refractivity (Wildman–Crippen MR) is 169 cm³/mol. The first-order valence-corrected chi connectivity index (χ1v) is 15.3. The first kappa shape index (κ1) is 30.8. The van der Waals surface area contributed by atoms with Gasteiger partial charge >= 0.3 is 0 Å². The SMILES string of the molecule is Cc1c(Br)cccc1CBr.Cc1c(Br)cccc1COc1ccc2c(c1)OCC2=O.O=C1COc2cc(O)ccc21. The van der Waals surface area contributed by atoms with E-state index in [-0.39, 0.29) is 30.5 Å². The third-order valence-corrected chi connectivity index (χ3v) is 8.86. The lowest BCUT2D eigenvalue weighted by atomic mass is 10.1. The molecule has 2 aliphatic heterocycles. The zero-order valence-electron chi connectivity index (χ0n) is 22.4. The van der Waals surface area contributed by atoms with Gasteiger partial charge in [-0.05, 0) is 72.5 Å². The van der Waals surface area contributed by atoms with Gasteiger partial charge in [-0.3, -0.25) is 9.59 Å². The van der Waals surface area contributed by atoms with Crippen molar-refractivity contribution in [2.75, 3.05) is 13.2 Å². The van der Waals surface area contributed by atoms with Crippen LogP contribution in [0.4, 0.5) is 0 Å². The first-order chi connectivity index (χ1) is 19.7. The number of hydrogen-bond acceptors (Lipinski definition) is 6. The summed E-state index contributed by atoms with van der Waals surface area (Å²) in [5, 5.41) is 9.92. The van der Waals surface area contributed by atoms with E-state index in [1.54, 1.807) is 24.3 Å². The van der Waals surface area contributed by atoms with Crippen molar-refractivity contribution in [2.45, 2.75) is 25.8 Å². The number of ketones is 2. The van der Waals surface area contributed by atoms with Crippen LogP contribution in [0.5, 0.6) is 23.0 Å². The Hall–Kier alpha value is -3.14. The summed E-state index contributed by atoms with van der Waals surface area (Å²) >= 11 is 10.4. The molecule has 1 N–H and O–H groups in total. The fourth-order valence-electron chi connectivity index (χ4n) is 4.01. The molecule has 4 aromatic rings. The summed E-state index contributed by atoms with van der Waals surface area (Å²) in [6.45, 7) is 4.87. The Labute approximate surface area is 264 Å². The molecule has 0 saturated heterocycles. The molecular weight excluding hydrogens is 720 g/mol. The molecule has 2 heterocycles. The zero-order valence-corrected chi connectivity index (χ0v) is 27.1. The Kier molecular flexibility index (Phi) is 10.6. The molecule has 0 radical (unpaired) electrons. The number of fused-ring (bicyclic) bond motifs is 2. The van der Waals surface area contributed by atoms with Gasteiger partial charge in [0, 0.05) is 26.4 Å². The minimum atomic E-state index is -0.0278. The van der Waals surface area contributed by atoms with E-state index in [0.29, 0.717) is 35.0 Å². The number of hydrogen-bond donors (Lipinski definition) is 1. The number of alkyl halides is 1. The van der Waals surface area contributed by atoms with Crippen molar-refractivity contribution >= 4 is 59.4 Å². The van der Waals surface area contributed by atoms with Crippen molar-refractivity contribution in [1.82, 2.24) is 0 Å². The van der Waals surface area contributed by atoms with E-state index in [4.69, 9.17) is 19.3 Å². The number of aromatic hydroxyl groups is 1. The van der Waals surface area contributed by atoms with E-state index in [9.17, 15) is 9.59 Å². The van der Waals surface area contributed by atoms with E-state index in [2.05, 4.69) is 66.8 Å². The second-order valence-corrected chi connectivity index (χ2v) is 11.5. The molecule has 0 unspecified atom stereocenters. The molecule has 9 heteroatoms. The molecule has 0 amide bonds. The molecule has 2 aliphatic rings. The van der Waals surface area contributed by atoms with Crippen molar-refractivity contribution < 1.29 is 28.9 Å². The van der Waals surface area contributed by atoms with Crippen LogP contribution in [0.25, 0.3) is 0 Å². The highest BCUT2D eigenvalue weighted by Gasteiger charge is 2.22. The highest BCUT2D eigenvalue weighted by Crippen LogP contribution is 2.31. The van der Waals surface area contributed by atoms with Gasteiger partial charge < -0.3 is 19.3 Å². The summed E-state index contributed by atoms with van der Waals surface area (Å²) in [7, 11) is 0. The smallest absolute Gasteiger partial charge is 0.203 e. The van der Waals surface area contributed by atoms with Crippen molar-refractivity contribution in [2.24, 2.45) is 0 Å². The van der Waals surface area contributed by atoms with Gasteiger partial charge in [0.1, 0.15) is 29.6 Å². The van der Waals surface area contributed by atoms with Gasteiger partial charge in [0.25, 0.3) is 0 Å². The zero-order chi connectivity index (χ0) is 29.5. The van der Waals surface area contributed by atoms with Gasteiger partial charge in [-0.15, -0.1) is 0 Å². The normalized spacial score (nSPS) is 12.6. The van der Waals surface area contributed by atoms with Crippen LogP contribution in [-0.2, 0) is 11.9 Å². The molecule has 0 bridgehead atoms. The van der Waals surface area contributed by atoms with Gasteiger partial charge in [0.15, 0.2) is 13.2 Å². The van der Waals surface area contributed by atoms with Crippen LogP contribution in [0.3, 0.4) is 0 Å². The lowest BCUT2D eigenvalue weighted by Gasteiger charge is -2.10. The second kappa shape index (κ2) is 14.2. The number of phenols is 1. The van der Waals surface area contributed by atoms with E-state index in [1.807, 2.05) is 31.2 Å². The minimum Gasteiger partial charge on any atom is -0.508 e. The molecule has 0 spiro atoms. The van der Waals surface area contributed by atoms with Crippen LogP contribution in [0, 0.1) is 13.8 Å². The summed E-state index contributed by atoms with van der Waals surface area (Å²) in [5.74, 6) is 1.92. The molecule has 0 aromatic heterocycles. The quantitative estimate of drug-likeness (QED) is 0.211. The standard InChI is InChI=1S/C16H13BrO3.C8H8Br2.C8H6O3/c1-10-11(3-2-4-14(10)17)8-19-12-5-6-13-15(18)9-20-16(13)7-12;1-6-7(5-9)3-2-4-8(6)10;9-5-1-2-6-7(10)4-11-8(6)3-5/h2-7H,8-9H2,1H3;2-4H,5H2,1H3;1-3,9H,4H2. The fraction of sp³-hybridized carbons (Fsp3) is 0.188. The third kappa shape index (κ3) is 7.78. The van der Waals surface area contributed by atoms with Crippen LogP contribution < -0.4 is 14.2 Å². The average molecular weight is 747 g/mol. The summed E-state index contributed by atoms with van der Waals surface area (Å²) in [5.41, 5.74) is 6.14. The summed E-state index contributed by atoms with van der Waals surface area (Å²) < 4.78 is 18.3. The molecule has 41 heavy (non-hydrogen) atoms. The van der Waals surface area contributed by atoms with Crippen LogP contribution in [0.15, 0.2) is 81.7 Å². The average Bonchev–Trinajstić information content (AvgIpc) is 3.53. The van der Waals surface area contributed by atoms with Gasteiger partial charge in [-0.25, -0.2) is 0 Å². The highest BCUT2D eigenvalue weighted by atomic mass is 79.9. The Balaban J connectivity index is 0.000000156. The molecule has 0 atom stereocenters. The van der Waals surface area contributed by atoms with Crippen LogP contribution in [0.2, 0.25) is 0 Å². The lowest BCUT2D eigenvalue weighted by molar-refractivity contribution is 0.0954. The molecule has 0 fully saturated rings. The summed E-state index contributed by atoms with van der Waals surface area (Å²) in [6.07, 6.45) is 0. The number of rotatable bonds is 4. The Morgan fingerprint density at radius 2 is 1.29 bits per heavy atom. The maximum Gasteiger partial charge on any atom is 0.203 e. The van der Waals surface area contributed by atoms with Crippen molar-refractivity contribution in [3.63, 3.8) is 0 Å². The van der Waals surface area contributed by atoms with E-state index >= 15 is 0 Å². The molecule has 6 nitrogen and oxygen atoms in total. The predicted octanol–water partition coefficient (Wildman–Crippen LogP) is 8.53.